The van der Waals surface area contributed by atoms with Crippen LogP contribution in [0.15, 0.2) is 54.9 Å². The number of hydrogen-bond acceptors (Lipinski definition) is 6. The molecule has 7 heteroatoms. The highest BCUT2D eigenvalue weighted by Gasteiger charge is 2.12. The zero-order chi connectivity index (χ0) is 19.2. The average molecular weight is 365 g/mol. The molecule has 0 spiro atoms. The van der Waals surface area contributed by atoms with Gasteiger partial charge in [-0.3, -0.25) is 4.79 Å². The second-order valence-corrected chi connectivity index (χ2v) is 5.62. The third kappa shape index (κ3) is 4.52. The molecule has 3 rings (SSSR count). The molecular formula is C20H19N3O4. The van der Waals surface area contributed by atoms with Crippen molar-refractivity contribution in [2.24, 2.45) is 0 Å². The monoisotopic (exact) mass is 365 g/mol. The van der Waals surface area contributed by atoms with Gasteiger partial charge in [-0.2, -0.15) is 0 Å². The van der Waals surface area contributed by atoms with E-state index in [2.05, 4.69) is 15.3 Å². The van der Waals surface area contributed by atoms with Crippen LogP contribution in [0.2, 0.25) is 0 Å². The van der Waals surface area contributed by atoms with Gasteiger partial charge in [0, 0.05) is 54.8 Å². The van der Waals surface area contributed by atoms with Crippen molar-refractivity contribution in [3.8, 4) is 34.4 Å². The third-order valence-electron chi connectivity index (χ3n) is 3.68. The summed E-state index contributed by atoms with van der Waals surface area (Å²) >= 11 is 0. The number of anilines is 1. The summed E-state index contributed by atoms with van der Waals surface area (Å²) in [5.74, 6) is 1.76. The number of carbonyl (C=O) groups is 1. The van der Waals surface area contributed by atoms with Crippen molar-refractivity contribution in [1.82, 2.24) is 9.97 Å². The van der Waals surface area contributed by atoms with Crippen LogP contribution in [-0.4, -0.2) is 30.1 Å². The molecule has 1 N–H and O–H groups in total. The Morgan fingerprint density at radius 3 is 2.52 bits per heavy atom. The first kappa shape index (κ1) is 18.2. The van der Waals surface area contributed by atoms with Crippen molar-refractivity contribution in [2.45, 2.75) is 6.92 Å². The first-order chi connectivity index (χ1) is 13.1. The Morgan fingerprint density at radius 2 is 1.78 bits per heavy atom. The van der Waals surface area contributed by atoms with Crippen LogP contribution in [0.5, 0.6) is 23.3 Å². The zero-order valence-electron chi connectivity index (χ0n) is 15.2. The van der Waals surface area contributed by atoms with Gasteiger partial charge in [-0.25, -0.2) is 9.97 Å². The van der Waals surface area contributed by atoms with E-state index in [9.17, 15) is 4.79 Å². The summed E-state index contributed by atoms with van der Waals surface area (Å²) in [6.07, 6.45) is 3.30. The van der Waals surface area contributed by atoms with Gasteiger partial charge in [0.05, 0.1) is 14.2 Å². The van der Waals surface area contributed by atoms with E-state index in [1.165, 1.54) is 6.92 Å². The number of aromatic nitrogens is 2. The predicted molar refractivity (Wildman–Crippen MR) is 101 cm³/mol. The van der Waals surface area contributed by atoms with Gasteiger partial charge in [0.1, 0.15) is 11.5 Å². The molecule has 0 aliphatic heterocycles. The van der Waals surface area contributed by atoms with Crippen LogP contribution in [0.4, 0.5) is 5.69 Å². The van der Waals surface area contributed by atoms with Crippen molar-refractivity contribution in [3.63, 3.8) is 0 Å². The Labute approximate surface area is 156 Å². The van der Waals surface area contributed by atoms with Crippen molar-refractivity contribution in [1.29, 1.82) is 0 Å². The average Bonchev–Trinajstić information content (AvgIpc) is 2.67. The molecule has 0 aliphatic carbocycles. The quantitative estimate of drug-likeness (QED) is 0.713. The molecule has 0 atom stereocenters. The standard InChI is InChI=1S/C20H19N3O4/c1-13(24)23-15-10-16(25-2)12-17(11-15)27-20-18(5-4-7-22-20)14-6-8-21-19(9-14)26-3/h4-12H,1-3H3,(H,23,24). The second kappa shape index (κ2) is 8.18. The lowest BCUT2D eigenvalue weighted by molar-refractivity contribution is -0.114. The molecule has 138 valence electrons. The number of nitrogens with zero attached hydrogens (tertiary/aromatic N) is 2. The van der Waals surface area contributed by atoms with E-state index in [1.54, 1.807) is 50.9 Å². The van der Waals surface area contributed by atoms with E-state index >= 15 is 0 Å². The molecular weight excluding hydrogens is 346 g/mol. The van der Waals surface area contributed by atoms with Gasteiger partial charge < -0.3 is 19.5 Å². The predicted octanol–water partition coefficient (Wildman–Crippen LogP) is 3.91. The third-order valence-corrected chi connectivity index (χ3v) is 3.68. The fourth-order valence-electron chi connectivity index (χ4n) is 2.52. The minimum atomic E-state index is -0.184. The fraction of sp³-hybridized carbons (Fsp3) is 0.150. The molecule has 1 aromatic carbocycles. The molecule has 3 aromatic rings. The fourth-order valence-corrected chi connectivity index (χ4v) is 2.52. The van der Waals surface area contributed by atoms with Gasteiger partial charge in [-0.1, -0.05) is 0 Å². The molecule has 0 saturated carbocycles. The Kier molecular flexibility index (Phi) is 5.51. The second-order valence-electron chi connectivity index (χ2n) is 5.62. The molecule has 2 aromatic heterocycles. The topological polar surface area (TPSA) is 82.6 Å². The smallest absolute Gasteiger partial charge is 0.227 e. The number of hydrogen-bond donors (Lipinski definition) is 1. The molecule has 0 saturated heterocycles. The van der Waals surface area contributed by atoms with E-state index in [4.69, 9.17) is 14.2 Å². The van der Waals surface area contributed by atoms with Crippen molar-refractivity contribution < 1.29 is 19.0 Å². The molecule has 0 unspecified atom stereocenters. The minimum Gasteiger partial charge on any atom is -0.497 e. The molecule has 0 bridgehead atoms. The van der Waals surface area contributed by atoms with E-state index in [1.807, 2.05) is 18.2 Å². The van der Waals surface area contributed by atoms with Gasteiger partial charge in [-0.15, -0.1) is 0 Å². The highest BCUT2D eigenvalue weighted by molar-refractivity contribution is 5.89. The zero-order valence-corrected chi connectivity index (χ0v) is 15.2. The number of benzene rings is 1. The Morgan fingerprint density at radius 1 is 0.963 bits per heavy atom. The van der Waals surface area contributed by atoms with Crippen LogP contribution in [0.1, 0.15) is 6.92 Å². The maximum absolute atomic E-state index is 11.4. The SMILES string of the molecule is COc1cc(NC(C)=O)cc(Oc2ncccc2-c2ccnc(OC)c2)c1. The first-order valence-corrected chi connectivity index (χ1v) is 8.19. The summed E-state index contributed by atoms with van der Waals surface area (Å²) in [4.78, 5) is 19.8. The normalized spacial score (nSPS) is 10.2. The number of pyridine rings is 2. The van der Waals surface area contributed by atoms with E-state index < -0.39 is 0 Å². The number of amides is 1. The van der Waals surface area contributed by atoms with Crippen LogP contribution in [0, 0.1) is 0 Å². The highest BCUT2D eigenvalue weighted by atomic mass is 16.5. The Hall–Kier alpha value is -3.61. The highest BCUT2D eigenvalue weighted by Crippen LogP contribution is 2.34. The Balaban J connectivity index is 1.98. The van der Waals surface area contributed by atoms with Crippen LogP contribution >= 0.6 is 0 Å². The molecule has 0 aliphatic rings. The summed E-state index contributed by atoms with van der Waals surface area (Å²) in [7, 11) is 3.11. The van der Waals surface area contributed by atoms with Crippen molar-refractivity contribution in [2.75, 3.05) is 19.5 Å². The van der Waals surface area contributed by atoms with Gasteiger partial charge >= 0.3 is 0 Å². The molecule has 27 heavy (non-hydrogen) atoms. The van der Waals surface area contributed by atoms with Gasteiger partial charge in [0.2, 0.25) is 17.7 Å². The van der Waals surface area contributed by atoms with Crippen LogP contribution in [-0.2, 0) is 4.79 Å². The number of ether oxygens (including phenoxy) is 3. The molecule has 1 amide bonds. The minimum absolute atomic E-state index is 0.184. The molecule has 0 fully saturated rings. The number of methoxy groups -OCH3 is 2. The summed E-state index contributed by atoms with van der Waals surface area (Å²) in [5.41, 5.74) is 2.21. The molecule has 0 radical (unpaired) electrons. The summed E-state index contributed by atoms with van der Waals surface area (Å²) in [6.45, 7) is 1.44. The number of nitrogens with one attached hydrogen (secondary N) is 1. The van der Waals surface area contributed by atoms with Gasteiger partial charge in [0.15, 0.2) is 0 Å². The largest absolute Gasteiger partial charge is 0.497 e. The lowest BCUT2D eigenvalue weighted by Crippen LogP contribution is -2.06. The lowest BCUT2D eigenvalue weighted by atomic mass is 10.1. The van der Waals surface area contributed by atoms with Gasteiger partial charge in [0.25, 0.3) is 0 Å². The maximum Gasteiger partial charge on any atom is 0.227 e. The van der Waals surface area contributed by atoms with E-state index in [-0.39, 0.29) is 5.91 Å². The Bertz CT molecular complexity index is 959. The molecule has 7 nitrogen and oxygen atoms in total. The molecule has 2 heterocycles. The van der Waals surface area contributed by atoms with E-state index in [0.717, 1.165) is 11.1 Å². The van der Waals surface area contributed by atoms with Crippen molar-refractivity contribution in [3.05, 3.63) is 54.9 Å². The summed E-state index contributed by atoms with van der Waals surface area (Å²) < 4.78 is 16.5. The summed E-state index contributed by atoms with van der Waals surface area (Å²) in [6, 6.07) is 12.5. The lowest BCUT2D eigenvalue weighted by Gasteiger charge is -2.13. The number of carbonyl (C=O) groups excluding carboxylic acids is 1. The maximum atomic E-state index is 11.4. The van der Waals surface area contributed by atoms with Crippen LogP contribution < -0.4 is 19.5 Å². The summed E-state index contributed by atoms with van der Waals surface area (Å²) in [5, 5.41) is 2.72. The van der Waals surface area contributed by atoms with Crippen molar-refractivity contribution >= 4 is 11.6 Å². The first-order valence-electron chi connectivity index (χ1n) is 8.19. The van der Waals surface area contributed by atoms with Gasteiger partial charge in [-0.05, 0) is 23.8 Å². The van der Waals surface area contributed by atoms with Crippen LogP contribution in [0.25, 0.3) is 11.1 Å². The van der Waals surface area contributed by atoms with Crippen LogP contribution in [0.3, 0.4) is 0 Å². The number of rotatable bonds is 6. The van der Waals surface area contributed by atoms with E-state index in [0.29, 0.717) is 28.9 Å².